The molecule has 2 rings (SSSR count). The Balaban J connectivity index is 1.47. The van der Waals surface area contributed by atoms with Gasteiger partial charge in [0.15, 0.2) is 0 Å². The summed E-state index contributed by atoms with van der Waals surface area (Å²) in [6.07, 6.45) is 5.98. The van der Waals surface area contributed by atoms with Crippen LogP contribution in [-0.4, -0.2) is 57.2 Å². The van der Waals surface area contributed by atoms with Crippen LogP contribution in [0.3, 0.4) is 0 Å². The minimum absolute atomic E-state index is 0.0131. The molecule has 10 heteroatoms. The average Bonchev–Trinajstić information content (AvgIpc) is 2.86. The number of ether oxygens (including phenoxy) is 2. The van der Waals surface area contributed by atoms with Gasteiger partial charge in [-0.2, -0.15) is 0 Å². The maximum absolute atomic E-state index is 11.7. The van der Waals surface area contributed by atoms with E-state index in [0.717, 1.165) is 63.7 Å². The number of aryl methyl sites for hydroxylation is 1. The number of methoxy groups -OCH3 is 1. The SMILES string of the molecule is COc1ccc(CCCCOCCCCCCNC[C@@H](O)c2ccc(O)c(CO)c2)cc1S(N)(=O)=O. The number of aliphatic hydroxyl groups excluding tert-OH is 2. The maximum Gasteiger partial charge on any atom is 0.241 e. The lowest BCUT2D eigenvalue weighted by Gasteiger charge is -2.14. The van der Waals surface area contributed by atoms with Gasteiger partial charge in [0, 0.05) is 25.3 Å². The molecule has 1 atom stereocenters. The molecule has 0 aliphatic heterocycles. The Morgan fingerprint density at radius 3 is 2.42 bits per heavy atom. The number of phenols is 1. The molecular formula is C26H40N2O7S. The summed E-state index contributed by atoms with van der Waals surface area (Å²) >= 11 is 0. The predicted molar refractivity (Wildman–Crippen MR) is 138 cm³/mol. The van der Waals surface area contributed by atoms with E-state index in [0.29, 0.717) is 24.3 Å². The van der Waals surface area contributed by atoms with Gasteiger partial charge < -0.3 is 30.1 Å². The molecule has 0 amide bonds. The summed E-state index contributed by atoms with van der Waals surface area (Å²) in [7, 11) is -2.41. The number of sulfonamides is 1. The summed E-state index contributed by atoms with van der Waals surface area (Å²) in [6, 6.07) is 9.82. The monoisotopic (exact) mass is 524 g/mol. The Kier molecular flexibility index (Phi) is 13.2. The second kappa shape index (κ2) is 15.8. The van der Waals surface area contributed by atoms with Gasteiger partial charge in [-0.3, -0.25) is 0 Å². The van der Waals surface area contributed by atoms with Crippen LogP contribution in [0.4, 0.5) is 0 Å². The topological polar surface area (TPSA) is 151 Å². The van der Waals surface area contributed by atoms with Crippen molar-refractivity contribution in [2.24, 2.45) is 5.14 Å². The molecule has 0 saturated carbocycles. The zero-order chi connectivity index (χ0) is 26.4. The molecule has 0 heterocycles. The molecule has 0 fully saturated rings. The number of rotatable bonds is 18. The predicted octanol–water partition coefficient (Wildman–Crippen LogP) is 2.76. The fourth-order valence-electron chi connectivity index (χ4n) is 3.84. The molecule has 0 aliphatic rings. The molecule has 2 aromatic rings. The Morgan fingerprint density at radius 1 is 1.00 bits per heavy atom. The third-order valence-electron chi connectivity index (χ3n) is 5.93. The van der Waals surface area contributed by atoms with Gasteiger partial charge >= 0.3 is 0 Å². The number of nitrogens with one attached hydrogen (secondary N) is 1. The fraction of sp³-hybridized carbons (Fsp3) is 0.538. The van der Waals surface area contributed by atoms with Gasteiger partial charge in [0.1, 0.15) is 16.4 Å². The molecule has 0 bridgehead atoms. The number of hydrogen-bond donors (Lipinski definition) is 5. The lowest BCUT2D eigenvalue weighted by Crippen LogP contribution is -2.22. The maximum atomic E-state index is 11.7. The Labute approximate surface area is 214 Å². The molecular weight excluding hydrogens is 484 g/mol. The molecule has 0 radical (unpaired) electrons. The average molecular weight is 525 g/mol. The van der Waals surface area contributed by atoms with E-state index >= 15 is 0 Å². The Hall–Kier alpha value is -2.21. The molecule has 0 aliphatic carbocycles. The van der Waals surface area contributed by atoms with Crippen LogP contribution < -0.4 is 15.2 Å². The van der Waals surface area contributed by atoms with Crippen LogP contribution >= 0.6 is 0 Å². The van der Waals surface area contributed by atoms with E-state index in [1.165, 1.54) is 13.2 Å². The largest absolute Gasteiger partial charge is 0.508 e. The van der Waals surface area contributed by atoms with Crippen molar-refractivity contribution in [3.8, 4) is 11.5 Å². The molecule has 0 saturated heterocycles. The van der Waals surface area contributed by atoms with Crippen molar-refractivity contribution in [2.75, 3.05) is 33.4 Å². The Bertz CT molecular complexity index is 1030. The van der Waals surface area contributed by atoms with Crippen LogP contribution in [0.5, 0.6) is 11.5 Å². The molecule has 0 unspecified atom stereocenters. The van der Waals surface area contributed by atoms with Crippen LogP contribution in [0.1, 0.15) is 61.3 Å². The van der Waals surface area contributed by atoms with Gasteiger partial charge in [0.2, 0.25) is 10.0 Å². The lowest BCUT2D eigenvalue weighted by atomic mass is 10.1. The first-order chi connectivity index (χ1) is 17.3. The highest BCUT2D eigenvalue weighted by atomic mass is 32.2. The molecule has 0 aromatic heterocycles. The van der Waals surface area contributed by atoms with Crippen molar-refractivity contribution < 1.29 is 33.2 Å². The summed E-state index contributed by atoms with van der Waals surface area (Å²) in [4.78, 5) is 0.0131. The van der Waals surface area contributed by atoms with E-state index in [1.54, 1.807) is 24.3 Å². The summed E-state index contributed by atoms with van der Waals surface area (Å²) in [5, 5.41) is 37.6. The summed E-state index contributed by atoms with van der Waals surface area (Å²) in [5.74, 6) is 0.282. The minimum Gasteiger partial charge on any atom is -0.508 e. The normalized spacial score (nSPS) is 12.6. The Morgan fingerprint density at radius 2 is 1.72 bits per heavy atom. The van der Waals surface area contributed by atoms with E-state index in [4.69, 9.17) is 14.6 Å². The van der Waals surface area contributed by atoms with Crippen LogP contribution in [0.15, 0.2) is 41.3 Å². The first-order valence-corrected chi connectivity index (χ1v) is 13.9. The second-order valence-corrected chi connectivity index (χ2v) is 10.3. The van der Waals surface area contributed by atoms with Crippen LogP contribution in [0.2, 0.25) is 0 Å². The quantitative estimate of drug-likeness (QED) is 0.187. The van der Waals surface area contributed by atoms with Crippen molar-refractivity contribution in [1.82, 2.24) is 5.32 Å². The van der Waals surface area contributed by atoms with Crippen molar-refractivity contribution in [1.29, 1.82) is 0 Å². The van der Waals surface area contributed by atoms with E-state index in [1.807, 2.05) is 6.07 Å². The first kappa shape index (κ1) is 30.0. The molecule has 0 spiro atoms. The molecule has 202 valence electrons. The molecule has 2 aromatic carbocycles. The highest BCUT2D eigenvalue weighted by Gasteiger charge is 2.15. The van der Waals surface area contributed by atoms with Gasteiger partial charge in [-0.1, -0.05) is 25.0 Å². The molecule has 9 nitrogen and oxygen atoms in total. The first-order valence-electron chi connectivity index (χ1n) is 12.3. The highest BCUT2D eigenvalue weighted by molar-refractivity contribution is 7.89. The zero-order valence-corrected chi connectivity index (χ0v) is 21.8. The molecule has 6 N–H and O–H groups in total. The van der Waals surface area contributed by atoms with Crippen molar-refractivity contribution in [3.63, 3.8) is 0 Å². The summed E-state index contributed by atoms with van der Waals surface area (Å²) < 4.78 is 34.2. The number of aromatic hydroxyl groups is 1. The molecule has 36 heavy (non-hydrogen) atoms. The van der Waals surface area contributed by atoms with Gasteiger partial charge in [0.25, 0.3) is 0 Å². The highest BCUT2D eigenvalue weighted by Crippen LogP contribution is 2.24. The third kappa shape index (κ3) is 10.4. The van der Waals surface area contributed by atoms with Gasteiger partial charge in [-0.25, -0.2) is 13.6 Å². The van der Waals surface area contributed by atoms with Crippen molar-refractivity contribution in [2.45, 2.75) is 62.6 Å². The standard InChI is InChI=1S/C26H40N2O7S/c1-34-25-12-9-20(16-26(25)36(27,32)33)8-4-7-15-35-14-6-3-2-5-13-28-18-24(31)21-10-11-23(30)22(17-21)19-29/h9-12,16-17,24,28-31H,2-8,13-15,18-19H2,1H3,(H2,27,32,33)/t24-/m1/s1. The van der Waals surface area contributed by atoms with E-state index in [-0.39, 0.29) is 23.0 Å². The number of nitrogens with two attached hydrogens (primary N) is 1. The van der Waals surface area contributed by atoms with E-state index in [9.17, 15) is 23.7 Å². The van der Waals surface area contributed by atoms with Gasteiger partial charge in [0.05, 0.1) is 19.8 Å². The van der Waals surface area contributed by atoms with Crippen LogP contribution in [0, 0.1) is 0 Å². The number of hydrogen-bond acceptors (Lipinski definition) is 8. The van der Waals surface area contributed by atoms with Crippen LogP contribution in [0.25, 0.3) is 0 Å². The third-order valence-corrected chi connectivity index (χ3v) is 6.86. The second-order valence-electron chi connectivity index (χ2n) is 8.78. The smallest absolute Gasteiger partial charge is 0.241 e. The van der Waals surface area contributed by atoms with Crippen molar-refractivity contribution in [3.05, 3.63) is 53.1 Å². The lowest BCUT2D eigenvalue weighted by molar-refractivity contribution is 0.126. The summed E-state index contributed by atoms with van der Waals surface area (Å²) in [6.45, 7) is 2.35. The van der Waals surface area contributed by atoms with E-state index in [2.05, 4.69) is 5.32 Å². The van der Waals surface area contributed by atoms with E-state index < -0.39 is 16.1 Å². The van der Waals surface area contributed by atoms with Gasteiger partial charge in [-0.15, -0.1) is 0 Å². The summed E-state index contributed by atoms with van der Waals surface area (Å²) in [5.41, 5.74) is 1.97. The minimum atomic E-state index is -3.82. The number of benzene rings is 2. The van der Waals surface area contributed by atoms with Gasteiger partial charge in [-0.05, 0) is 74.0 Å². The zero-order valence-electron chi connectivity index (χ0n) is 21.0. The van der Waals surface area contributed by atoms with Crippen molar-refractivity contribution >= 4 is 10.0 Å². The van der Waals surface area contributed by atoms with Crippen LogP contribution in [-0.2, 0) is 27.8 Å². The fourth-order valence-corrected chi connectivity index (χ4v) is 4.59. The number of unbranched alkanes of at least 4 members (excludes halogenated alkanes) is 4. The number of aliphatic hydroxyl groups is 2. The number of primary sulfonamides is 1.